The molecule has 4 nitrogen and oxygen atoms in total. The number of carbonyl (C=O) groups is 1. The Morgan fingerprint density at radius 3 is 2.85 bits per heavy atom. The quantitative estimate of drug-likeness (QED) is 0.872. The van der Waals surface area contributed by atoms with E-state index in [0.29, 0.717) is 11.6 Å². The maximum atomic E-state index is 12.6. The summed E-state index contributed by atoms with van der Waals surface area (Å²) in [5.74, 6) is 0.0577. The summed E-state index contributed by atoms with van der Waals surface area (Å²) >= 11 is 5.97. The smallest absolute Gasteiger partial charge is 0.256 e. The molecule has 1 atom stereocenters. The van der Waals surface area contributed by atoms with Crippen LogP contribution in [0.2, 0.25) is 5.02 Å². The molecule has 5 heteroatoms. The fourth-order valence-corrected chi connectivity index (χ4v) is 3.35. The van der Waals surface area contributed by atoms with Crippen LogP contribution in [-0.2, 0) is 5.66 Å². The van der Waals surface area contributed by atoms with Crippen LogP contribution in [0.4, 0.5) is 0 Å². The van der Waals surface area contributed by atoms with Crippen molar-refractivity contribution in [2.24, 2.45) is 0 Å². The molecule has 2 aliphatic heterocycles. The molecule has 0 radical (unpaired) electrons. The zero-order chi connectivity index (χ0) is 13.7. The van der Waals surface area contributed by atoms with E-state index in [2.05, 4.69) is 10.3 Å². The van der Waals surface area contributed by atoms with Crippen molar-refractivity contribution in [2.75, 3.05) is 13.1 Å². The van der Waals surface area contributed by atoms with Crippen LogP contribution in [-0.4, -0.2) is 28.9 Å². The van der Waals surface area contributed by atoms with Gasteiger partial charge in [0.05, 0.1) is 0 Å². The number of halogens is 1. The number of amides is 1. The minimum absolute atomic E-state index is 0.0577. The van der Waals surface area contributed by atoms with Gasteiger partial charge in [0, 0.05) is 41.6 Å². The average molecular weight is 286 g/mol. The van der Waals surface area contributed by atoms with Crippen LogP contribution in [0.1, 0.15) is 21.5 Å². The van der Waals surface area contributed by atoms with E-state index in [1.807, 2.05) is 29.2 Å². The molecule has 3 heterocycles. The molecule has 1 aromatic heterocycles. The molecule has 1 amide bonds. The van der Waals surface area contributed by atoms with E-state index in [1.165, 1.54) is 0 Å². The van der Waals surface area contributed by atoms with Crippen molar-refractivity contribution in [3.63, 3.8) is 0 Å². The molecular formula is C15H12ClN3O. The molecule has 1 N–H and O–H groups in total. The Hall–Kier alpha value is -1.91. The Balaban J connectivity index is 1.99. The zero-order valence-electron chi connectivity index (χ0n) is 10.6. The maximum Gasteiger partial charge on any atom is 0.256 e. The van der Waals surface area contributed by atoms with Gasteiger partial charge in [-0.25, -0.2) is 0 Å². The molecule has 0 saturated carbocycles. The lowest BCUT2D eigenvalue weighted by Crippen LogP contribution is -2.46. The fraction of sp³-hybridized carbons (Fsp3) is 0.200. The number of hydrogen-bond donors (Lipinski definition) is 1. The Bertz CT molecular complexity index is 701. The highest BCUT2D eigenvalue weighted by Gasteiger charge is 2.53. The first-order valence-electron chi connectivity index (χ1n) is 6.51. The second kappa shape index (κ2) is 4.04. The summed E-state index contributed by atoms with van der Waals surface area (Å²) in [6.45, 7) is 1.46. The first-order chi connectivity index (χ1) is 9.73. The predicted molar refractivity (Wildman–Crippen MR) is 75.5 cm³/mol. The first-order valence-corrected chi connectivity index (χ1v) is 6.89. The SMILES string of the molecule is O=C1c2ccncc2C2(c3ccc(Cl)cc3)NCCN12. The van der Waals surface area contributed by atoms with Gasteiger partial charge >= 0.3 is 0 Å². The van der Waals surface area contributed by atoms with Crippen LogP contribution < -0.4 is 5.32 Å². The van der Waals surface area contributed by atoms with E-state index >= 15 is 0 Å². The molecular weight excluding hydrogens is 274 g/mol. The van der Waals surface area contributed by atoms with Crippen LogP contribution in [0.15, 0.2) is 42.7 Å². The van der Waals surface area contributed by atoms with Gasteiger partial charge in [0.2, 0.25) is 0 Å². The summed E-state index contributed by atoms with van der Waals surface area (Å²) in [5.41, 5.74) is 2.07. The van der Waals surface area contributed by atoms with Crippen LogP contribution in [0.5, 0.6) is 0 Å². The number of rotatable bonds is 1. The Morgan fingerprint density at radius 1 is 1.25 bits per heavy atom. The third-order valence-electron chi connectivity index (χ3n) is 4.07. The van der Waals surface area contributed by atoms with Gasteiger partial charge in [-0.3, -0.25) is 15.1 Å². The molecule has 100 valence electrons. The van der Waals surface area contributed by atoms with Gasteiger partial charge in [-0.2, -0.15) is 0 Å². The molecule has 0 bridgehead atoms. The minimum Gasteiger partial charge on any atom is -0.311 e. The number of aromatic nitrogens is 1. The molecule has 4 rings (SSSR count). The van der Waals surface area contributed by atoms with Crippen LogP contribution in [0.25, 0.3) is 0 Å². The van der Waals surface area contributed by atoms with Gasteiger partial charge < -0.3 is 4.90 Å². The molecule has 0 aliphatic carbocycles. The number of pyridine rings is 1. The molecule has 1 aromatic carbocycles. The number of fused-ring (bicyclic) bond motifs is 3. The highest BCUT2D eigenvalue weighted by atomic mass is 35.5. The summed E-state index contributed by atoms with van der Waals surface area (Å²) < 4.78 is 0. The summed E-state index contributed by atoms with van der Waals surface area (Å²) in [5, 5.41) is 4.16. The van der Waals surface area contributed by atoms with Crippen molar-refractivity contribution in [3.05, 3.63) is 64.4 Å². The third-order valence-corrected chi connectivity index (χ3v) is 4.32. The Labute approximate surface area is 121 Å². The Morgan fingerprint density at radius 2 is 2.05 bits per heavy atom. The molecule has 0 spiro atoms. The van der Waals surface area contributed by atoms with Gasteiger partial charge in [-0.1, -0.05) is 23.7 Å². The number of carbonyl (C=O) groups excluding carboxylic acids is 1. The lowest BCUT2D eigenvalue weighted by Gasteiger charge is -2.33. The van der Waals surface area contributed by atoms with Crippen molar-refractivity contribution >= 4 is 17.5 Å². The number of benzene rings is 1. The van der Waals surface area contributed by atoms with Crippen LogP contribution >= 0.6 is 11.6 Å². The van der Waals surface area contributed by atoms with E-state index < -0.39 is 5.66 Å². The summed E-state index contributed by atoms with van der Waals surface area (Å²) in [7, 11) is 0. The van der Waals surface area contributed by atoms with E-state index in [0.717, 1.165) is 23.2 Å². The van der Waals surface area contributed by atoms with Crippen molar-refractivity contribution in [1.29, 1.82) is 0 Å². The van der Waals surface area contributed by atoms with E-state index in [-0.39, 0.29) is 5.91 Å². The lowest BCUT2D eigenvalue weighted by molar-refractivity contribution is 0.0694. The van der Waals surface area contributed by atoms with Crippen molar-refractivity contribution in [3.8, 4) is 0 Å². The topological polar surface area (TPSA) is 45.2 Å². The second-order valence-electron chi connectivity index (χ2n) is 5.02. The largest absolute Gasteiger partial charge is 0.311 e. The van der Waals surface area contributed by atoms with Gasteiger partial charge in [-0.15, -0.1) is 0 Å². The minimum atomic E-state index is -0.592. The molecule has 2 aliphatic rings. The van der Waals surface area contributed by atoms with Crippen LogP contribution in [0, 0.1) is 0 Å². The standard InChI is InChI=1S/C15H12ClN3O/c16-11-3-1-10(2-4-11)15-13-9-17-6-5-12(13)14(20)19(15)8-7-18-15/h1-6,9,18H,7-8H2. The van der Waals surface area contributed by atoms with E-state index in [1.54, 1.807) is 18.5 Å². The molecule has 1 saturated heterocycles. The average Bonchev–Trinajstić information content (AvgIpc) is 3.01. The lowest BCUT2D eigenvalue weighted by atomic mass is 9.93. The first kappa shape index (κ1) is 11.9. The van der Waals surface area contributed by atoms with E-state index in [4.69, 9.17) is 11.6 Å². The van der Waals surface area contributed by atoms with Gasteiger partial charge in [0.1, 0.15) is 5.66 Å². The van der Waals surface area contributed by atoms with Crippen molar-refractivity contribution < 1.29 is 4.79 Å². The monoisotopic (exact) mass is 285 g/mol. The summed E-state index contributed by atoms with van der Waals surface area (Å²) in [6.07, 6.45) is 3.44. The second-order valence-corrected chi connectivity index (χ2v) is 5.46. The molecule has 1 unspecified atom stereocenters. The Kier molecular flexibility index (Phi) is 2.40. The summed E-state index contributed by atoms with van der Waals surface area (Å²) in [4.78, 5) is 18.6. The van der Waals surface area contributed by atoms with Gasteiger partial charge in [-0.05, 0) is 23.8 Å². The normalized spacial score (nSPS) is 23.9. The summed E-state index contributed by atoms with van der Waals surface area (Å²) in [6, 6.07) is 9.41. The van der Waals surface area contributed by atoms with Crippen molar-refractivity contribution in [2.45, 2.75) is 5.66 Å². The fourth-order valence-electron chi connectivity index (χ4n) is 3.23. The number of nitrogens with one attached hydrogen (secondary N) is 1. The third kappa shape index (κ3) is 1.35. The van der Waals surface area contributed by atoms with Gasteiger partial charge in [0.25, 0.3) is 5.91 Å². The highest BCUT2D eigenvalue weighted by Crippen LogP contribution is 2.43. The molecule has 20 heavy (non-hydrogen) atoms. The number of hydrogen-bond acceptors (Lipinski definition) is 3. The molecule has 2 aromatic rings. The molecule has 1 fully saturated rings. The maximum absolute atomic E-state index is 12.6. The number of nitrogens with zero attached hydrogens (tertiary/aromatic N) is 2. The van der Waals surface area contributed by atoms with Gasteiger partial charge in [0.15, 0.2) is 0 Å². The van der Waals surface area contributed by atoms with E-state index in [9.17, 15) is 4.79 Å². The van der Waals surface area contributed by atoms with Crippen LogP contribution in [0.3, 0.4) is 0 Å². The predicted octanol–water partition coefficient (Wildman–Crippen LogP) is 2.00. The highest BCUT2D eigenvalue weighted by molar-refractivity contribution is 6.30. The zero-order valence-corrected chi connectivity index (χ0v) is 11.4. The van der Waals surface area contributed by atoms with Crippen molar-refractivity contribution in [1.82, 2.24) is 15.2 Å².